The van der Waals surface area contributed by atoms with Crippen molar-refractivity contribution in [3.05, 3.63) is 0 Å². The van der Waals surface area contributed by atoms with E-state index in [1.165, 1.54) is 38.5 Å². The van der Waals surface area contributed by atoms with Crippen molar-refractivity contribution >= 4 is 8.69 Å². The Morgan fingerprint density at radius 2 is 1.42 bits per heavy atom. The minimum Gasteiger partial charge on any atom is -0.139 e. The van der Waals surface area contributed by atoms with Gasteiger partial charge in [0.05, 0.1) is 0 Å². The second-order valence-corrected chi connectivity index (χ2v) is 3.57. The summed E-state index contributed by atoms with van der Waals surface area (Å²) in [5, 5.41) is 1.84. The molecular weight excluding hydrogens is 173 g/mol. The van der Waals surface area contributed by atoms with E-state index in [-0.39, 0.29) is 0 Å². The predicted molar refractivity (Wildman–Crippen MR) is 49.4 cm³/mol. The first kappa shape index (κ1) is 10.1. The Morgan fingerprint density at radius 1 is 0.917 bits per heavy atom. The molecule has 1 saturated heterocycles. The Kier molecular flexibility index (Phi) is 5.50. The highest BCUT2D eigenvalue weighted by atomic mass is 31.1. The van der Waals surface area contributed by atoms with Gasteiger partial charge in [0.1, 0.15) is 0 Å². The largest absolute Gasteiger partial charge is 0.512 e. The molecule has 0 radical (unpaired) electrons. The first-order valence-corrected chi connectivity index (χ1v) is 5.54. The van der Waals surface area contributed by atoms with Crippen LogP contribution in [-0.4, -0.2) is 18.2 Å². The number of hydrogen-bond acceptors (Lipinski definition) is 3. The van der Waals surface area contributed by atoms with Gasteiger partial charge in [0, 0.05) is 13.1 Å². The van der Waals surface area contributed by atoms with Crippen molar-refractivity contribution in [3.63, 3.8) is 0 Å². The smallest absolute Gasteiger partial charge is 0.139 e. The highest BCUT2D eigenvalue weighted by molar-refractivity contribution is 7.17. The lowest BCUT2D eigenvalue weighted by Gasteiger charge is -2.11. The van der Waals surface area contributed by atoms with Crippen molar-refractivity contribution < 1.29 is 9.19 Å². The van der Waals surface area contributed by atoms with Crippen LogP contribution in [0, 0.1) is 0 Å². The van der Waals surface area contributed by atoms with Crippen molar-refractivity contribution in [2.24, 2.45) is 0 Å². The molecule has 70 valence electrons. The third-order valence-corrected chi connectivity index (χ3v) is 2.56. The molecule has 1 fully saturated rings. The van der Waals surface area contributed by atoms with Gasteiger partial charge in [-0.25, -0.2) is 0 Å². The summed E-state index contributed by atoms with van der Waals surface area (Å²) in [5.74, 6) is 0. The Hall–Kier alpha value is 0.0200. The molecule has 4 heteroatoms. The quantitative estimate of drug-likeness (QED) is 0.626. The van der Waals surface area contributed by atoms with Gasteiger partial charge in [-0.1, -0.05) is 25.7 Å². The minimum atomic E-state index is -0.643. The highest BCUT2D eigenvalue weighted by Gasteiger charge is 2.10. The van der Waals surface area contributed by atoms with Crippen LogP contribution in [0.15, 0.2) is 0 Å². The van der Waals surface area contributed by atoms with E-state index < -0.39 is 8.69 Å². The molecule has 0 aromatic heterocycles. The monoisotopic (exact) mass is 190 g/mol. The van der Waals surface area contributed by atoms with E-state index in [1.54, 1.807) is 0 Å². The molecule has 1 atom stereocenters. The summed E-state index contributed by atoms with van der Waals surface area (Å²) in [6.07, 6.45) is 7.58. The van der Waals surface area contributed by atoms with Crippen molar-refractivity contribution in [1.82, 2.24) is 5.06 Å². The van der Waals surface area contributed by atoms with E-state index in [1.807, 2.05) is 5.06 Å². The summed E-state index contributed by atoms with van der Waals surface area (Å²) in [4.78, 5) is 0. The summed E-state index contributed by atoms with van der Waals surface area (Å²) >= 11 is 0. The zero-order chi connectivity index (χ0) is 8.65. The molecule has 1 heterocycles. The van der Waals surface area contributed by atoms with Crippen molar-refractivity contribution in [3.8, 4) is 0 Å². The van der Waals surface area contributed by atoms with Crippen LogP contribution < -0.4 is 0 Å². The second-order valence-electron chi connectivity index (χ2n) is 3.22. The van der Waals surface area contributed by atoms with Gasteiger partial charge in [-0.2, -0.15) is 0 Å². The molecule has 3 nitrogen and oxygen atoms in total. The van der Waals surface area contributed by atoms with Crippen LogP contribution >= 0.6 is 8.69 Å². The molecule has 0 aromatic carbocycles. The van der Waals surface area contributed by atoms with Gasteiger partial charge in [0.2, 0.25) is 0 Å². The van der Waals surface area contributed by atoms with Gasteiger partial charge in [-0.05, 0) is 22.0 Å². The predicted octanol–water partition coefficient (Wildman–Crippen LogP) is 2.51. The third kappa shape index (κ3) is 4.15. The van der Waals surface area contributed by atoms with E-state index in [0.29, 0.717) is 0 Å². The second kappa shape index (κ2) is 6.53. The maximum Gasteiger partial charge on any atom is 0.512 e. The Bertz CT molecular complexity index is 122. The normalized spacial score (nSPS) is 23.0. The zero-order valence-corrected chi connectivity index (χ0v) is 8.42. The van der Waals surface area contributed by atoms with E-state index in [0.717, 1.165) is 13.1 Å². The molecule has 1 unspecified atom stereocenters. The van der Waals surface area contributed by atoms with Crippen LogP contribution in [0.5, 0.6) is 0 Å². The molecule has 0 N–H and O–H groups in total. The Balaban J connectivity index is 2.23. The molecule has 1 rings (SSSR count). The standard InChI is InChI=1S/C8H17NO2P/c10-12-11-9-7-5-3-1-2-4-6-8-9/h12H,1-8H2/q+1. The minimum absolute atomic E-state index is 0.643. The molecule has 0 saturated carbocycles. The molecule has 1 aliphatic rings. The van der Waals surface area contributed by atoms with Gasteiger partial charge in [0.25, 0.3) is 0 Å². The van der Waals surface area contributed by atoms with Crippen LogP contribution in [0.4, 0.5) is 0 Å². The van der Waals surface area contributed by atoms with Gasteiger partial charge >= 0.3 is 8.69 Å². The SMILES string of the molecule is O=[PH+]ON1CCCCCCCC1. The van der Waals surface area contributed by atoms with E-state index in [2.05, 4.69) is 0 Å². The van der Waals surface area contributed by atoms with Crippen LogP contribution in [0.3, 0.4) is 0 Å². The van der Waals surface area contributed by atoms with Crippen molar-refractivity contribution in [1.29, 1.82) is 0 Å². The summed E-state index contributed by atoms with van der Waals surface area (Å²) in [6, 6.07) is 0. The first-order valence-electron chi connectivity index (χ1n) is 4.72. The highest BCUT2D eigenvalue weighted by Crippen LogP contribution is 2.13. The summed E-state index contributed by atoms with van der Waals surface area (Å²) in [5.41, 5.74) is 0. The maximum absolute atomic E-state index is 10.2. The fraction of sp³-hybridized carbons (Fsp3) is 1.00. The molecule has 0 amide bonds. The molecule has 0 spiro atoms. The topological polar surface area (TPSA) is 29.5 Å². The summed E-state index contributed by atoms with van der Waals surface area (Å²) < 4.78 is 15.2. The zero-order valence-electron chi connectivity index (χ0n) is 7.42. The van der Waals surface area contributed by atoms with E-state index in [4.69, 9.17) is 4.62 Å². The lowest BCUT2D eigenvalue weighted by atomic mass is 10.1. The van der Waals surface area contributed by atoms with Crippen molar-refractivity contribution in [2.45, 2.75) is 38.5 Å². The third-order valence-electron chi connectivity index (χ3n) is 2.23. The van der Waals surface area contributed by atoms with Crippen LogP contribution in [0.25, 0.3) is 0 Å². The molecule has 1 aliphatic heterocycles. The van der Waals surface area contributed by atoms with Gasteiger partial charge < -0.3 is 0 Å². The average molecular weight is 190 g/mol. The van der Waals surface area contributed by atoms with Gasteiger partial charge in [-0.3, -0.25) is 0 Å². The number of hydroxylamine groups is 2. The Morgan fingerprint density at radius 3 is 1.92 bits per heavy atom. The molecular formula is C8H17NO2P+. The maximum atomic E-state index is 10.2. The van der Waals surface area contributed by atoms with Gasteiger partial charge in [0.15, 0.2) is 0 Å². The summed E-state index contributed by atoms with van der Waals surface area (Å²) in [7, 11) is -0.643. The molecule has 12 heavy (non-hydrogen) atoms. The average Bonchev–Trinajstić information content (AvgIpc) is 2.19. The molecule has 0 bridgehead atoms. The fourth-order valence-corrected chi connectivity index (χ4v) is 1.83. The molecule has 0 aromatic rings. The lowest BCUT2D eigenvalue weighted by molar-refractivity contribution is -0.0468. The van der Waals surface area contributed by atoms with Crippen LogP contribution in [0.1, 0.15) is 38.5 Å². The molecule has 0 aliphatic carbocycles. The number of hydrogen-bond donors (Lipinski definition) is 0. The van der Waals surface area contributed by atoms with Crippen LogP contribution in [0.2, 0.25) is 0 Å². The van der Waals surface area contributed by atoms with Crippen molar-refractivity contribution in [2.75, 3.05) is 13.1 Å². The Labute approximate surface area is 75.3 Å². The number of rotatable bonds is 2. The van der Waals surface area contributed by atoms with Gasteiger partial charge in [-0.15, -0.1) is 5.06 Å². The summed E-state index contributed by atoms with van der Waals surface area (Å²) in [6.45, 7) is 1.88. The van der Waals surface area contributed by atoms with Crippen LogP contribution in [-0.2, 0) is 9.19 Å². The van der Waals surface area contributed by atoms with E-state index >= 15 is 0 Å². The first-order chi connectivity index (χ1) is 5.93. The lowest BCUT2D eigenvalue weighted by Crippen LogP contribution is -2.22. The van der Waals surface area contributed by atoms with E-state index in [9.17, 15) is 4.57 Å². The fourth-order valence-electron chi connectivity index (χ4n) is 1.54. The number of nitrogens with zero attached hydrogens (tertiary/aromatic N) is 1.